The smallest absolute Gasteiger partial charge is 0.258 e. The normalized spacial score (nSPS) is 11.6. The van der Waals surface area contributed by atoms with Crippen LogP contribution in [0.1, 0.15) is 5.56 Å². The van der Waals surface area contributed by atoms with E-state index in [9.17, 15) is 23.3 Å². The van der Waals surface area contributed by atoms with E-state index in [4.69, 9.17) is 0 Å². The molecule has 0 spiro atoms. The van der Waals surface area contributed by atoms with Crippen LogP contribution in [0.2, 0.25) is 0 Å². The van der Waals surface area contributed by atoms with Gasteiger partial charge in [0.15, 0.2) is 0 Å². The second-order valence-electron chi connectivity index (χ2n) is 2.82. The maximum atomic E-state index is 12.1. The van der Waals surface area contributed by atoms with E-state index in [2.05, 4.69) is 15.9 Å². The molecule has 0 bridgehead atoms. The zero-order chi connectivity index (χ0) is 12.5. The first-order chi connectivity index (χ1) is 7.22. The summed E-state index contributed by atoms with van der Waals surface area (Å²) in [6, 6.07) is 2.43. The molecule has 1 aromatic carbocycles. The molecule has 0 unspecified atom stereocenters. The van der Waals surface area contributed by atoms with Gasteiger partial charge in [-0.25, -0.2) is 0 Å². The minimum Gasteiger partial charge on any atom is -0.258 e. The third kappa shape index (κ3) is 3.11. The Morgan fingerprint density at radius 2 is 2.00 bits per heavy atom. The van der Waals surface area contributed by atoms with Crippen molar-refractivity contribution in [3.05, 3.63) is 32.3 Å². The van der Waals surface area contributed by atoms with Crippen molar-refractivity contribution >= 4 is 33.4 Å². The molecule has 0 heterocycles. The summed E-state index contributed by atoms with van der Waals surface area (Å²) < 4.78 is 36.8. The van der Waals surface area contributed by atoms with Gasteiger partial charge in [0.05, 0.1) is 9.82 Å². The van der Waals surface area contributed by atoms with Crippen molar-refractivity contribution in [1.29, 1.82) is 0 Å². The zero-order valence-electron chi connectivity index (χ0n) is 7.84. The molecule has 3 nitrogen and oxygen atoms in total. The molecule has 1 aromatic rings. The summed E-state index contributed by atoms with van der Waals surface area (Å²) in [5, 5.41) is 10.7. The van der Waals surface area contributed by atoms with Crippen LogP contribution in [0.4, 0.5) is 18.9 Å². The molecule has 0 amide bonds. The summed E-state index contributed by atoms with van der Waals surface area (Å²) in [5.41, 5.74) is -4.87. The first-order valence-electron chi connectivity index (χ1n) is 3.91. The second-order valence-corrected chi connectivity index (χ2v) is 4.79. The molecule has 0 saturated heterocycles. The Bertz CT molecular complexity index is 436. The number of nitro benzene ring substituents is 1. The Morgan fingerprint density at radius 1 is 1.44 bits per heavy atom. The number of benzene rings is 1. The van der Waals surface area contributed by atoms with Gasteiger partial charge in [-0.15, -0.1) is 0 Å². The van der Waals surface area contributed by atoms with Crippen LogP contribution in [-0.4, -0.2) is 10.4 Å². The number of rotatable bonds is 2. The fourth-order valence-electron chi connectivity index (χ4n) is 1.08. The lowest BCUT2D eigenvalue weighted by molar-refractivity contribution is -0.388. The first-order valence-corrected chi connectivity index (χ1v) is 5.52. The zero-order valence-corrected chi connectivity index (χ0v) is 10.2. The van der Waals surface area contributed by atoms with E-state index in [1.807, 2.05) is 0 Å². The quantitative estimate of drug-likeness (QED) is 0.465. The third-order valence-corrected chi connectivity index (χ3v) is 3.38. The average molecular weight is 316 g/mol. The predicted molar refractivity (Wildman–Crippen MR) is 57.4 cm³/mol. The summed E-state index contributed by atoms with van der Waals surface area (Å²) in [5.74, 6) is 0. The monoisotopic (exact) mass is 315 g/mol. The van der Waals surface area contributed by atoms with E-state index in [0.29, 0.717) is 4.47 Å². The summed E-state index contributed by atoms with van der Waals surface area (Å²) in [7, 11) is 0. The minimum absolute atomic E-state index is 0.180. The van der Waals surface area contributed by atoms with Crippen molar-refractivity contribution < 1.29 is 18.1 Å². The topological polar surface area (TPSA) is 43.1 Å². The number of thioether (sulfide) groups is 1. The summed E-state index contributed by atoms with van der Waals surface area (Å²) in [4.78, 5) is 9.47. The van der Waals surface area contributed by atoms with Gasteiger partial charge in [0, 0.05) is 10.0 Å². The van der Waals surface area contributed by atoms with Crippen LogP contribution in [0, 0.1) is 17.0 Å². The van der Waals surface area contributed by atoms with Gasteiger partial charge in [-0.2, -0.15) is 13.2 Å². The number of nitrogens with zero attached hydrogens (tertiary/aromatic N) is 1. The number of hydrogen-bond acceptors (Lipinski definition) is 3. The first kappa shape index (κ1) is 13.3. The van der Waals surface area contributed by atoms with E-state index in [1.165, 1.54) is 13.0 Å². The highest BCUT2D eigenvalue weighted by atomic mass is 79.9. The van der Waals surface area contributed by atoms with Crippen molar-refractivity contribution in [2.45, 2.75) is 17.3 Å². The average Bonchev–Trinajstić information content (AvgIpc) is 2.08. The van der Waals surface area contributed by atoms with E-state index < -0.39 is 32.8 Å². The molecular formula is C8H5BrF3NO2S. The molecule has 0 aromatic heterocycles. The lowest BCUT2D eigenvalue weighted by Crippen LogP contribution is -2.02. The molecule has 0 atom stereocenters. The van der Waals surface area contributed by atoms with Crippen molar-refractivity contribution in [2.24, 2.45) is 0 Å². The molecule has 0 fully saturated rings. The van der Waals surface area contributed by atoms with E-state index in [1.54, 1.807) is 0 Å². The largest absolute Gasteiger partial charge is 0.446 e. The van der Waals surface area contributed by atoms with Gasteiger partial charge < -0.3 is 0 Å². The Morgan fingerprint density at radius 3 is 2.44 bits per heavy atom. The van der Waals surface area contributed by atoms with Gasteiger partial charge in [0.25, 0.3) is 5.69 Å². The standard InChI is InChI=1S/C8H5BrF3NO2S/c1-4-5(9)2-3-6(7(4)13(14)15)16-8(10,11)12/h2-3H,1H3. The van der Waals surface area contributed by atoms with Gasteiger partial charge in [-0.05, 0) is 30.8 Å². The number of alkyl halides is 3. The molecule has 88 valence electrons. The van der Waals surface area contributed by atoms with Crippen LogP contribution in [0.25, 0.3) is 0 Å². The molecule has 16 heavy (non-hydrogen) atoms. The third-order valence-electron chi connectivity index (χ3n) is 1.74. The van der Waals surface area contributed by atoms with Gasteiger partial charge in [0.2, 0.25) is 0 Å². The highest BCUT2D eigenvalue weighted by molar-refractivity contribution is 9.10. The van der Waals surface area contributed by atoms with Crippen LogP contribution < -0.4 is 0 Å². The lowest BCUT2D eigenvalue weighted by atomic mass is 10.2. The van der Waals surface area contributed by atoms with Crippen molar-refractivity contribution in [2.75, 3.05) is 0 Å². The summed E-state index contributed by atoms with van der Waals surface area (Å²) in [6.45, 7) is 1.39. The molecule has 0 saturated carbocycles. The number of hydrogen-bond donors (Lipinski definition) is 0. The van der Waals surface area contributed by atoms with Crippen LogP contribution in [0.15, 0.2) is 21.5 Å². The summed E-state index contributed by atoms with van der Waals surface area (Å²) >= 11 is 2.55. The van der Waals surface area contributed by atoms with Crippen LogP contribution in [-0.2, 0) is 0 Å². The molecule has 0 radical (unpaired) electrons. The molecular weight excluding hydrogens is 311 g/mol. The molecule has 0 aliphatic heterocycles. The predicted octanol–water partition coefficient (Wildman–Crippen LogP) is 4.28. The highest BCUT2D eigenvalue weighted by Gasteiger charge is 2.34. The van der Waals surface area contributed by atoms with Crippen LogP contribution in [0.3, 0.4) is 0 Å². The van der Waals surface area contributed by atoms with Crippen LogP contribution >= 0.6 is 27.7 Å². The van der Waals surface area contributed by atoms with Gasteiger partial charge >= 0.3 is 5.51 Å². The number of nitro groups is 1. The Kier molecular flexibility index (Phi) is 3.84. The maximum Gasteiger partial charge on any atom is 0.446 e. The van der Waals surface area contributed by atoms with Crippen LogP contribution in [0.5, 0.6) is 0 Å². The fraction of sp³-hybridized carbons (Fsp3) is 0.250. The highest BCUT2D eigenvalue weighted by Crippen LogP contribution is 2.43. The second kappa shape index (κ2) is 4.62. The van der Waals surface area contributed by atoms with E-state index in [-0.39, 0.29) is 5.56 Å². The van der Waals surface area contributed by atoms with Gasteiger partial charge in [-0.3, -0.25) is 10.1 Å². The van der Waals surface area contributed by atoms with Gasteiger partial charge in [0.1, 0.15) is 0 Å². The maximum absolute atomic E-state index is 12.1. The van der Waals surface area contributed by atoms with E-state index in [0.717, 1.165) is 6.07 Å². The lowest BCUT2D eigenvalue weighted by Gasteiger charge is -2.08. The molecule has 0 aliphatic rings. The van der Waals surface area contributed by atoms with E-state index >= 15 is 0 Å². The Labute approximate surface area is 101 Å². The Hall–Kier alpha value is -0.760. The SMILES string of the molecule is Cc1c(Br)ccc(SC(F)(F)F)c1[N+](=O)[O-]. The fourth-order valence-corrected chi connectivity index (χ4v) is 2.11. The van der Waals surface area contributed by atoms with Crippen molar-refractivity contribution in [3.8, 4) is 0 Å². The molecule has 8 heteroatoms. The minimum atomic E-state index is -4.54. The molecule has 0 aliphatic carbocycles. The number of halogens is 4. The van der Waals surface area contributed by atoms with Crippen molar-refractivity contribution in [3.63, 3.8) is 0 Å². The molecule has 0 N–H and O–H groups in total. The van der Waals surface area contributed by atoms with Gasteiger partial charge in [-0.1, -0.05) is 15.9 Å². The van der Waals surface area contributed by atoms with Crippen molar-refractivity contribution in [1.82, 2.24) is 0 Å². The molecule has 1 rings (SSSR count). The Balaban J connectivity index is 3.29. The summed E-state index contributed by atoms with van der Waals surface area (Å²) in [6.07, 6.45) is 0.